The predicted molar refractivity (Wildman–Crippen MR) is 166 cm³/mol. The summed E-state index contributed by atoms with van der Waals surface area (Å²) in [5.41, 5.74) is 6.86. The Balaban J connectivity index is 1.11. The van der Waals surface area contributed by atoms with E-state index in [-0.39, 0.29) is 5.92 Å². The van der Waals surface area contributed by atoms with Gasteiger partial charge in [0, 0.05) is 38.3 Å². The Hall–Kier alpha value is -2.84. The third-order valence-corrected chi connectivity index (χ3v) is 8.63. The van der Waals surface area contributed by atoms with Gasteiger partial charge in [0.25, 0.3) is 0 Å². The van der Waals surface area contributed by atoms with E-state index in [0.717, 1.165) is 82.5 Å². The van der Waals surface area contributed by atoms with E-state index in [9.17, 15) is 9.36 Å². The molecule has 8 N–H and O–H groups in total. The van der Waals surface area contributed by atoms with Gasteiger partial charge in [-0.25, -0.2) is 0 Å². The Bertz CT molecular complexity index is 1180. The van der Waals surface area contributed by atoms with E-state index in [2.05, 4.69) is 46.4 Å². The molecule has 43 heavy (non-hydrogen) atoms. The Labute approximate surface area is 253 Å². The molecule has 0 atom stereocenters. The minimum atomic E-state index is -4.35. The lowest BCUT2D eigenvalue weighted by Crippen LogP contribution is -2.39. The fourth-order valence-electron chi connectivity index (χ4n) is 5.58. The molecule has 2 aromatic heterocycles. The lowest BCUT2D eigenvalue weighted by atomic mass is 9.95. The van der Waals surface area contributed by atoms with Crippen molar-refractivity contribution in [2.45, 2.75) is 76.9 Å². The van der Waals surface area contributed by atoms with Crippen molar-refractivity contribution in [2.24, 2.45) is 5.92 Å². The molecule has 0 bridgehead atoms. The van der Waals surface area contributed by atoms with E-state index >= 15 is 0 Å². The van der Waals surface area contributed by atoms with Gasteiger partial charge >= 0.3 is 7.60 Å². The summed E-state index contributed by atoms with van der Waals surface area (Å²) in [6.45, 7) is 6.09. The van der Waals surface area contributed by atoms with Crippen LogP contribution >= 0.6 is 7.60 Å². The number of piperidine rings is 1. The van der Waals surface area contributed by atoms with Crippen LogP contribution in [0.25, 0.3) is 0 Å². The van der Waals surface area contributed by atoms with Crippen LogP contribution in [0.4, 0.5) is 17.6 Å². The average molecular weight is 622 g/mol. The highest BCUT2D eigenvalue weighted by atomic mass is 31.2. The molecular formula is C27H48N11O4P. The van der Waals surface area contributed by atoms with Gasteiger partial charge in [0.15, 0.2) is 0 Å². The second-order valence-corrected chi connectivity index (χ2v) is 13.3. The van der Waals surface area contributed by atoms with Crippen molar-refractivity contribution in [3.63, 3.8) is 0 Å². The van der Waals surface area contributed by atoms with Crippen LogP contribution in [0.1, 0.15) is 63.5 Å². The molecule has 0 unspecified atom stereocenters. The number of aromatic nitrogens is 5. The van der Waals surface area contributed by atoms with Gasteiger partial charge in [-0.05, 0) is 64.1 Å². The molecule has 1 aliphatic carbocycles. The Morgan fingerprint density at radius 3 is 2.58 bits per heavy atom. The smallest absolute Gasteiger partial charge is 0.334 e. The molecule has 1 saturated heterocycles. The molecule has 2 aromatic rings. The van der Waals surface area contributed by atoms with Crippen LogP contribution in [0.5, 0.6) is 0 Å². The zero-order valence-electron chi connectivity index (χ0n) is 25.0. The van der Waals surface area contributed by atoms with Crippen molar-refractivity contribution < 1.29 is 19.1 Å². The molecule has 1 amide bonds. The van der Waals surface area contributed by atoms with E-state index in [0.29, 0.717) is 24.9 Å². The van der Waals surface area contributed by atoms with Gasteiger partial charge in [-0.1, -0.05) is 24.5 Å². The summed E-state index contributed by atoms with van der Waals surface area (Å²) in [4.78, 5) is 40.6. The topological polar surface area (TPSA) is 208 Å². The standard InChI is InChI=1S/C27H48N11O4P/c28-24-16-25(37-14-8-21(9-15-37)17-31-26(39)20-43(40,41)42)34-27(33-24)32-18-23-19-38(36-35-23)13-5-11-29-10-4-12-30-22-6-2-1-3-7-22/h16,19,21-22,29-30H,1-15,17-18,20H2,(H,31,39)(H2,40,41,42)(H3,28,32,33,34). The first-order valence-corrected chi connectivity index (χ1v) is 17.3. The van der Waals surface area contributed by atoms with Crippen molar-refractivity contribution in [3.05, 3.63) is 18.0 Å². The van der Waals surface area contributed by atoms with Crippen molar-refractivity contribution in [2.75, 3.05) is 61.4 Å². The van der Waals surface area contributed by atoms with Crippen molar-refractivity contribution in [1.82, 2.24) is 40.9 Å². The van der Waals surface area contributed by atoms with Crippen molar-refractivity contribution >= 4 is 31.1 Å². The molecule has 2 aliphatic rings. The van der Waals surface area contributed by atoms with Crippen LogP contribution in [0.2, 0.25) is 0 Å². The molecule has 4 rings (SSSR count). The average Bonchev–Trinajstić information content (AvgIpc) is 3.44. The zero-order valence-corrected chi connectivity index (χ0v) is 25.9. The summed E-state index contributed by atoms with van der Waals surface area (Å²) < 4.78 is 12.8. The van der Waals surface area contributed by atoms with E-state index in [4.69, 9.17) is 15.5 Å². The normalized spacial score (nSPS) is 16.8. The monoisotopic (exact) mass is 621 g/mol. The summed E-state index contributed by atoms with van der Waals surface area (Å²) in [5, 5.41) is 21.5. The SMILES string of the molecule is Nc1cc(N2CCC(CNC(=O)CP(=O)(O)O)CC2)nc(NCc2cn(CCCNCCCNC3CCCCC3)nn2)n1. The second kappa shape index (κ2) is 16.9. The number of rotatable bonds is 17. The molecule has 3 heterocycles. The van der Waals surface area contributed by atoms with Crippen molar-refractivity contribution in [3.8, 4) is 0 Å². The number of amides is 1. The van der Waals surface area contributed by atoms with Gasteiger partial charge in [-0.2, -0.15) is 9.97 Å². The van der Waals surface area contributed by atoms with Gasteiger partial charge < -0.3 is 41.7 Å². The van der Waals surface area contributed by atoms with Gasteiger partial charge in [0.2, 0.25) is 11.9 Å². The number of carbonyl (C=O) groups is 1. The number of aryl methyl sites for hydroxylation is 1. The number of hydrogen-bond donors (Lipinski definition) is 7. The molecule has 15 nitrogen and oxygen atoms in total. The number of nitrogens with one attached hydrogen (secondary N) is 4. The highest BCUT2D eigenvalue weighted by Gasteiger charge is 2.23. The number of anilines is 3. The van der Waals surface area contributed by atoms with E-state index in [1.54, 1.807) is 6.07 Å². The first-order chi connectivity index (χ1) is 20.7. The van der Waals surface area contributed by atoms with Gasteiger partial charge in [0.05, 0.1) is 12.7 Å². The summed E-state index contributed by atoms with van der Waals surface area (Å²) in [6.07, 6.45) is 11.7. The van der Waals surface area contributed by atoms with Gasteiger partial charge in [-0.3, -0.25) is 14.0 Å². The Morgan fingerprint density at radius 1 is 1.05 bits per heavy atom. The largest absolute Gasteiger partial charge is 0.383 e. The maximum atomic E-state index is 11.7. The molecule has 240 valence electrons. The molecule has 1 saturated carbocycles. The first-order valence-electron chi connectivity index (χ1n) is 15.5. The molecule has 0 radical (unpaired) electrons. The number of nitrogens with two attached hydrogens (primary N) is 1. The molecule has 0 spiro atoms. The number of nitrogen functional groups attached to an aromatic ring is 1. The molecule has 1 aliphatic heterocycles. The molecular weight excluding hydrogens is 573 g/mol. The summed E-state index contributed by atoms with van der Waals surface area (Å²) in [6, 6.07) is 2.47. The van der Waals surface area contributed by atoms with Gasteiger partial charge in [-0.15, -0.1) is 5.10 Å². The third-order valence-electron chi connectivity index (χ3n) is 7.93. The summed E-state index contributed by atoms with van der Waals surface area (Å²) >= 11 is 0. The number of hydrogen-bond acceptors (Lipinski definition) is 11. The van der Waals surface area contributed by atoms with E-state index in [1.165, 1.54) is 32.1 Å². The third kappa shape index (κ3) is 12.4. The lowest BCUT2D eigenvalue weighted by Gasteiger charge is -2.33. The second-order valence-electron chi connectivity index (χ2n) is 11.6. The summed E-state index contributed by atoms with van der Waals surface area (Å²) in [7, 11) is -4.35. The van der Waals surface area contributed by atoms with Crippen LogP contribution < -0.4 is 31.9 Å². The summed E-state index contributed by atoms with van der Waals surface area (Å²) in [5.74, 6) is 1.09. The number of carbonyl (C=O) groups excluding carboxylic acids is 1. The Kier molecular flexibility index (Phi) is 13.0. The lowest BCUT2D eigenvalue weighted by molar-refractivity contribution is -0.119. The minimum Gasteiger partial charge on any atom is -0.383 e. The van der Waals surface area contributed by atoms with Gasteiger partial charge in [0.1, 0.15) is 23.5 Å². The predicted octanol–water partition coefficient (Wildman–Crippen LogP) is 1.06. The van der Waals surface area contributed by atoms with E-state index < -0.39 is 19.7 Å². The Morgan fingerprint density at radius 2 is 1.81 bits per heavy atom. The molecule has 0 aromatic carbocycles. The zero-order chi connectivity index (χ0) is 30.5. The molecule has 16 heteroatoms. The van der Waals surface area contributed by atoms with E-state index in [1.807, 2.05) is 10.9 Å². The minimum absolute atomic E-state index is 0.223. The van der Waals surface area contributed by atoms with Crippen LogP contribution in [0.15, 0.2) is 12.3 Å². The van der Waals surface area contributed by atoms with Crippen LogP contribution in [-0.2, 0) is 22.4 Å². The maximum Gasteiger partial charge on any atom is 0.334 e. The van der Waals surface area contributed by atoms with Crippen LogP contribution in [-0.4, -0.2) is 92.1 Å². The molecule has 2 fully saturated rings. The first kappa shape index (κ1) is 33.1. The van der Waals surface area contributed by atoms with Crippen molar-refractivity contribution in [1.29, 1.82) is 0 Å². The highest BCUT2D eigenvalue weighted by Crippen LogP contribution is 2.33. The fraction of sp³-hybridized carbons (Fsp3) is 0.741. The number of nitrogens with zero attached hydrogens (tertiary/aromatic N) is 6. The fourth-order valence-corrected chi connectivity index (χ4v) is 6.06. The maximum absolute atomic E-state index is 11.7. The quantitative estimate of drug-likeness (QED) is 0.0975. The van der Waals surface area contributed by atoms with Crippen LogP contribution in [0, 0.1) is 5.92 Å². The highest BCUT2D eigenvalue weighted by molar-refractivity contribution is 7.52. The van der Waals surface area contributed by atoms with Crippen LogP contribution in [0.3, 0.4) is 0 Å².